The Kier molecular flexibility index (Phi) is 4.72. The summed E-state index contributed by atoms with van der Waals surface area (Å²) in [5.41, 5.74) is 8.64. The normalized spacial score (nSPS) is 11.4. The Labute approximate surface area is 167 Å². The molecule has 4 aromatic rings. The van der Waals surface area contributed by atoms with Gasteiger partial charge in [0, 0.05) is 12.5 Å². The van der Waals surface area contributed by atoms with E-state index in [0.717, 1.165) is 11.3 Å². The van der Waals surface area contributed by atoms with E-state index < -0.39 is 0 Å². The predicted molar refractivity (Wildman–Crippen MR) is 117 cm³/mol. The molecule has 0 spiro atoms. The van der Waals surface area contributed by atoms with Gasteiger partial charge in [0.15, 0.2) is 5.52 Å². The van der Waals surface area contributed by atoms with Crippen LogP contribution in [-0.2, 0) is 7.05 Å². The van der Waals surface area contributed by atoms with Gasteiger partial charge in [0.2, 0.25) is 0 Å². The van der Waals surface area contributed by atoms with Crippen molar-refractivity contribution < 1.29 is 4.57 Å². The Balaban J connectivity index is 2.00. The SMILES string of the molecule is Cc1ccc(-c2ccccc2)cc1-c1c2ccc(C(C)C)cc2nc(C)[n+]1C. The van der Waals surface area contributed by atoms with E-state index in [0.29, 0.717) is 5.92 Å². The van der Waals surface area contributed by atoms with E-state index in [1.807, 2.05) is 0 Å². The second-order valence-electron chi connectivity index (χ2n) is 7.89. The van der Waals surface area contributed by atoms with E-state index in [-0.39, 0.29) is 0 Å². The summed E-state index contributed by atoms with van der Waals surface area (Å²) >= 11 is 0. The summed E-state index contributed by atoms with van der Waals surface area (Å²) in [5, 5.41) is 1.20. The fourth-order valence-electron chi connectivity index (χ4n) is 3.81. The molecule has 2 nitrogen and oxygen atoms in total. The van der Waals surface area contributed by atoms with E-state index in [4.69, 9.17) is 4.98 Å². The van der Waals surface area contributed by atoms with Gasteiger partial charge in [-0.2, -0.15) is 0 Å². The number of aromatic nitrogens is 2. The zero-order valence-electron chi connectivity index (χ0n) is 17.3. The molecular weight excluding hydrogens is 340 g/mol. The number of hydrogen-bond acceptors (Lipinski definition) is 1. The number of fused-ring (bicyclic) bond motifs is 1. The minimum Gasteiger partial charge on any atom is -0.230 e. The maximum atomic E-state index is 4.88. The number of benzene rings is 3. The van der Waals surface area contributed by atoms with Crippen molar-refractivity contribution in [1.29, 1.82) is 0 Å². The third kappa shape index (κ3) is 3.20. The van der Waals surface area contributed by atoms with Gasteiger partial charge in [0.1, 0.15) is 5.69 Å². The van der Waals surface area contributed by atoms with Gasteiger partial charge in [0.25, 0.3) is 5.82 Å². The lowest BCUT2D eigenvalue weighted by Gasteiger charge is -2.13. The van der Waals surface area contributed by atoms with Gasteiger partial charge in [-0.15, -0.1) is 0 Å². The molecule has 28 heavy (non-hydrogen) atoms. The number of rotatable bonds is 3. The summed E-state index contributed by atoms with van der Waals surface area (Å²) in [4.78, 5) is 4.88. The number of aryl methyl sites for hydroxylation is 2. The van der Waals surface area contributed by atoms with Crippen molar-refractivity contribution in [3.8, 4) is 22.4 Å². The highest BCUT2D eigenvalue weighted by Gasteiger charge is 2.21. The second kappa shape index (κ2) is 7.20. The van der Waals surface area contributed by atoms with E-state index in [1.54, 1.807) is 0 Å². The lowest BCUT2D eigenvalue weighted by atomic mass is 9.94. The first-order valence-corrected chi connectivity index (χ1v) is 9.92. The molecule has 0 saturated heterocycles. The zero-order chi connectivity index (χ0) is 19.8. The Morgan fingerprint density at radius 3 is 2.29 bits per heavy atom. The van der Waals surface area contributed by atoms with Crippen molar-refractivity contribution in [1.82, 2.24) is 4.98 Å². The van der Waals surface area contributed by atoms with E-state index >= 15 is 0 Å². The van der Waals surface area contributed by atoms with Crippen LogP contribution in [-0.4, -0.2) is 4.98 Å². The smallest absolute Gasteiger partial charge is 0.230 e. The molecule has 140 valence electrons. The molecular formula is C26H27N2+. The maximum Gasteiger partial charge on any atom is 0.296 e. The minimum atomic E-state index is 0.493. The highest BCUT2D eigenvalue weighted by atomic mass is 15.0. The first-order chi connectivity index (χ1) is 13.5. The van der Waals surface area contributed by atoms with Crippen LogP contribution in [0.4, 0.5) is 0 Å². The fraction of sp³-hybridized carbons (Fsp3) is 0.231. The van der Waals surface area contributed by atoms with Gasteiger partial charge in [-0.3, -0.25) is 0 Å². The van der Waals surface area contributed by atoms with Crippen LogP contribution in [0.25, 0.3) is 33.3 Å². The monoisotopic (exact) mass is 367 g/mol. The molecule has 0 aliphatic rings. The molecule has 0 bridgehead atoms. The summed E-state index contributed by atoms with van der Waals surface area (Å²) in [6.45, 7) is 8.73. The molecule has 0 amide bonds. The van der Waals surface area contributed by atoms with Crippen LogP contribution in [0.2, 0.25) is 0 Å². The van der Waals surface area contributed by atoms with Crippen molar-refractivity contribution in [3.63, 3.8) is 0 Å². The molecule has 4 rings (SSSR count). The maximum absolute atomic E-state index is 4.88. The molecule has 0 fully saturated rings. The molecule has 3 aromatic carbocycles. The van der Waals surface area contributed by atoms with Gasteiger partial charge >= 0.3 is 0 Å². The third-order valence-electron chi connectivity index (χ3n) is 5.65. The van der Waals surface area contributed by atoms with Crippen LogP contribution in [0, 0.1) is 13.8 Å². The van der Waals surface area contributed by atoms with Crippen molar-refractivity contribution in [2.24, 2.45) is 7.05 Å². The fourth-order valence-corrected chi connectivity index (χ4v) is 3.81. The van der Waals surface area contributed by atoms with Crippen LogP contribution >= 0.6 is 0 Å². The summed E-state index contributed by atoms with van der Waals surface area (Å²) in [5.74, 6) is 1.51. The summed E-state index contributed by atoms with van der Waals surface area (Å²) in [7, 11) is 2.11. The average molecular weight is 368 g/mol. The van der Waals surface area contributed by atoms with Crippen molar-refractivity contribution in [3.05, 3.63) is 83.7 Å². The molecule has 0 N–H and O–H groups in total. The molecule has 0 aliphatic heterocycles. The molecule has 0 aliphatic carbocycles. The Morgan fingerprint density at radius 2 is 1.57 bits per heavy atom. The zero-order valence-corrected chi connectivity index (χ0v) is 17.3. The van der Waals surface area contributed by atoms with Crippen molar-refractivity contribution in [2.75, 3.05) is 0 Å². The molecule has 0 saturated carbocycles. The Hall–Kier alpha value is -3.00. The van der Waals surface area contributed by atoms with Gasteiger partial charge < -0.3 is 0 Å². The molecule has 1 heterocycles. The molecule has 0 radical (unpaired) electrons. The largest absolute Gasteiger partial charge is 0.296 e. The van der Waals surface area contributed by atoms with E-state index in [9.17, 15) is 0 Å². The molecule has 2 heteroatoms. The molecule has 1 aromatic heterocycles. The van der Waals surface area contributed by atoms with E-state index in [1.165, 1.54) is 38.9 Å². The highest BCUT2D eigenvalue weighted by molar-refractivity contribution is 5.92. The summed E-state index contributed by atoms with van der Waals surface area (Å²) < 4.78 is 2.22. The number of hydrogen-bond donors (Lipinski definition) is 0. The van der Waals surface area contributed by atoms with Gasteiger partial charge in [0.05, 0.1) is 12.4 Å². The third-order valence-corrected chi connectivity index (χ3v) is 5.65. The highest BCUT2D eigenvalue weighted by Crippen LogP contribution is 2.32. The number of nitrogens with zero attached hydrogens (tertiary/aromatic N) is 2. The van der Waals surface area contributed by atoms with Gasteiger partial charge in [-0.1, -0.05) is 62.4 Å². The standard InChI is InChI=1S/C26H27N2/c1-17(2)21-13-14-23-25(16-21)27-19(4)28(5)26(23)24-15-22(12-11-18(24)3)20-9-7-6-8-10-20/h6-17H,1-5H3/q+1. The van der Waals surface area contributed by atoms with Gasteiger partial charge in [-0.05, 0) is 58.3 Å². The topological polar surface area (TPSA) is 16.8 Å². The van der Waals surface area contributed by atoms with Crippen LogP contribution in [0.5, 0.6) is 0 Å². The summed E-state index contributed by atoms with van der Waals surface area (Å²) in [6, 6.07) is 24.0. The Bertz CT molecular complexity index is 1160. The molecule has 0 atom stereocenters. The van der Waals surface area contributed by atoms with Crippen LogP contribution < -0.4 is 4.57 Å². The average Bonchev–Trinajstić information content (AvgIpc) is 2.70. The minimum absolute atomic E-state index is 0.493. The quantitative estimate of drug-likeness (QED) is 0.398. The van der Waals surface area contributed by atoms with E-state index in [2.05, 4.69) is 106 Å². The van der Waals surface area contributed by atoms with Crippen molar-refractivity contribution >= 4 is 10.9 Å². The van der Waals surface area contributed by atoms with Crippen LogP contribution in [0.1, 0.15) is 36.7 Å². The lowest BCUT2D eigenvalue weighted by molar-refractivity contribution is -0.668. The lowest BCUT2D eigenvalue weighted by Crippen LogP contribution is -2.36. The first kappa shape index (κ1) is 18.4. The first-order valence-electron chi connectivity index (χ1n) is 9.92. The Morgan fingerprint density at radius 1 is 0.821 bits per heavy atom. The molecule has 0 unspecified atom stereocenters. The summed E-state index contributed by atoms with van der Waals surface area (Å²) in [6.07, 6.45) is 0. The second-order valence-corrected chi connectivity index (χ2v) is 7.89. The van der Waals surface area contributed by atoms with Crippen LogP contribution in [0.3, 0.4) is 0 Å². The van der Waals surface area contributed by atoms with Gasteiger partial charge in [-0.25, -0.2) is 4.57 Å². The van der Waals surface area contributed by atoms with Crippen LogP contribution in [0.15, 0.2) is 66.7 Å². The predicted octanol–water partition coefficient (Wildman–Crippen LogP) is 6.13. The van der Waals surface area contributed by atoms with Crippen molar-refractivity contribution in [2.45, 2.75) is 33.6 Å².